The van der Waals surface area contributed by atoms with Crippen LogP contribution < -0.4 is 0 Å². The maximum Gasteiger partial charge on any atom is 0.490 e. The molecule has 34 heavy (non-hydrogen) atoms. The molecule has 9 nitrogen and oxygen atoms in total. The van der Waals surface area contributed by atoms with Gasteiger partial charge in [-0.1, -0.05) is 0 Å². The fourth-order valence-electron chi connectivity index (χ4n) is 2.78. The van der Waals surface area contributed by atoms with Crippen molar-refractivity contribution in [2.75, 3.05) is 20.3 Å². The third-order valence-corrected chi connectivity index (χ3v) is 4.91. The van der Waals surface area contributed by atoms with Crippen LogP contribution in [0.3, 0.4) is 0 Å². The van der Waals surface area contributed by atoms with Crippen molar-refractivity contribution < 1.29 is 50.9 Å². The number of carbonyl (C=O) groups is 2. The number of aryl methyl sites for hydroxylation is 1. The summed E-state index contributed by atoms with van der Waals surface area (Å²) in [6.07, 6.45) is -6.12. The monoisotopic (exact) mass is 520 g/mol. The Balaban J connectivity index is 0.000000343. The maximum atomic E-state index is 10.6. The van der Waals surface area contributed by atoms with Gasteiger partial charge in [0.15, 0.2) is 0 Å². The van der Waals surface area contributed by atoms with Crippen LogP contribution in [0.4, 0.5) is 26.3 Å². The van der Waals surface area contributed by atoms with Crippen LogP contribution in [0.5, 0.6) is 0 Å². The fraction of sp³-hybridized carbons (Fsp3) is 0.556. The first kappa shape index (κ1) is 29.3. The van der Waals surface area contributed by atoms with Gasteiger partial charge in [0.25, 0.3) is 0 Å². The standard InChI is InChI=1S/C14H20N4OS.2C2HF3O2/c1-3-18-8-11-6-17(9-13-15-4-5-20-13)7-12(10-19-2)14(11)16-18;2*3-2(4,5)1(6)7/h4-5,8,12H,3,6-7,9-10H2,1-2H3;2*(H,6,7). The summed E-state index contributed by atoms with van der Waals surface area (Å²) < 4.78 is 70.9. The zero-order valence-electron chi connectivity index (χ0n) is 17.9. The van der Waals surface area contributed by atoms with Crippen LogP contribution >= 0.6 is 11.3 Å². The van der Waals surface area contributed by atoms with E-state index in [2.05, 4.69) is 23.0 Å². The number of alkyl halides is 6. The molecule has 0 saturated heterocycles. The average Bonchev–Trinajstić information content (AvgIpc) is 3.37. The number of aromatic nitrogens is 3. The largest absolute Gasteiger partial charge is 0.490 e. The van der Waals surface area contributed by atoms with E-state index < -0.39 is 24.3 Å². The third kappa shape index (κ3) is 9.64. The molecule has 3 heterocycles. The molecule has 192 valence electrons. The van der Waals surface area contributed by atoms with Crippen molar-refractivity contribution in [1.29, 1.82) is 0 Å². The Kier molecular flexibility index (Phi) is 10.9. The molecule has 16 heteroatoms. The van der Waals surface area contributed by atoms with E-state index >= 15 is 0 Å². The van der Waals surface area contributed by atoms with E-state index in [9.17, 15) is 26.3 Å². The molecule has 2 aromatic heterocycles. The number of nitrogens with zero attached hydrogens (tertiary/aromatic N) is 4. The second kappa shape index (κ2) is 12.7. The van der Waals surface area contributed by atoms with Crippen LogP contribution in [0, 0.1) is 0 Å². The predicted octanol–water partition coefficient (Wildman–Crippen LogP) is 3.37. The summed E-state index contributed by atoms with van der Waals surface area (Å²) >= 11 is 1.72. The van der Waals surface area contributed by atoms with Gasteiger partial charge < -0.3 is 14.9 Å². The Morgan fingerprint density at radius 3 is 2.15 bits per heavy atom. The van der Waals surface area contributed by atoms with Gasteiger partial charge in [-0.3, -0.25) is 9.58 Å². The van der Waals surface area contributed by atoms with Crippen LogP contribution in [0.2, 0.25) is 0 Å². The van der Waals surface area contributed by atoms with Gasteiger partial charge in [0, 0.05) is 56.0 Å². The van der Waals surface area contributed by atoms with Crippen molar-refractivity contribution in [2.45, 2.75) is 44.8 Å². The lowest BCUT2D eigenvalue weighted by molar-refractivity contribution is -0.193. The quantitative estimate of drug-likeness (QED) is 0.577. The molecule has 1 unspecified atom stereocenters. The molecule has 2 aromatic rings. The van der Waals surface area contributed by atoms with Crippen LogP contribution in [0.1, 0.15) is 29.1 Å². The predicted molar refractivity (Wildman–Crippen MR) is 106 cm³/mol. The number of fused-ring (bicyclic) bond motifs is 1. The molecule has 0 radical (unpaired) electrons. The van der Waals surface area contributed by atoms with Gasteiger partial charge in [0.1, 0.15) is 5.01 Å². The first-order valence-corrected chi connectivity index (χ1v) is 10.3. The van der Waals surface area contributed by atoms with Crippen LogP contribution in [0.15, 0.2) is 17.8 Å². The molecule has 0 aliphatic carbocycles. The topological polar surface area (TPSA) is 118 Å². The van der Waals surface area contributed by atoms with E-state index in [1.807, 2.05) is 16.3 Å². The highest BCUT2D eigenvalue weighted by Gasteiger charge is 2.38. The second-order valence-electron chi connectivity index (χ2n) is 6.75. The van der Waals surface area contributed by atoms with Crippen molar-refractivity contribution in [1.82, 2.24) is 19.7 Å². The van der Waals surface area contributed by atoms with Gasteiger partial charge in [-0.05, 0) is 6.92 Å². The summed E-state index contributed by atoms with van der Waals surface area (Å²) in [4.78, 5) is 24.6. The molecule has 1 atom stereocenters. The van der Waals surface area contributed by atoms with Crippen LogP contribution in [-0.4, -0.2) is 74.4 Å². The van der Waals surface area contributed by atoms with Crippen molar-refractivity contribution in [3.8, 4) is 0 Å². The summed E-state index contributed by atoms with van der Waals surface area (Å²) in [5, 5.41) is 22.2. The van der Waals surface area contributed by atoms with Gasteiger partial charge in [-0.2, -0.15) is 31.4 Å². The Bertz CT molecular complexity index is 893. The first-order valence-electron chi connectivity index (χ1n) is 9.45. The first-order chi connectivity index (χ1) is 15.7. The van der Waals surface area contributed by atoms with E-state index in [1.54, 1.807) is 18.4 Å². The minimum absolute atomic E-state index is 0.358. The highest BCUT2D eigenvalue weighted by molar-refractivity contribution is 7.09. The summed E-state index contributed by atoms with van der Waals surface area (Å²) in [6.45, 7) is 6.61. The minimum atomic E-state index is -5.08. The number of hydrogen-bond acceptors (Lipinski definition) is 7. The van der Waals surface area contributed by atoms with Gasteiger partial charge >= 0.3 is 24.3 Å². The molecule has 0 aromatic carbocycles. The second-order valence-corrected chi connectivity index (χ2v) is 7.73. The third-order valence-electron chi connectivity index (χ3n) is 4.15. The normalized spacial score (nSPS) is 15.9. The van der Waals surface area contributed by atoms with Gasteiger partial charge in [-0.15, -0.1) is 11.3 Å². The van der Waals surface area contributed by atoms with Gasteiger partial charge in [0.2, 0.25) is 0 Å². The SMILES string of the molecule is CCn1cc2c(n1)C(COC)CN(Cc1nccs1)C2.O=C(O)C(F)(F)F.O=C(O)C(F)(F)F. The Morgan fingerprint density at radius 1 is 1.18 bits per heavy atom. The Morgan fingerprint density at radius 2 is 1.74 bits per heavy atom. The summed E-state index contributed by atoms with van der Waals surface area (Å²) in [5.74, 6) is -5.16. The number of carboxylic acids is 2. The van der Waals surface area contributed by atoms with E-state index in [4.69, 9.17) is 29.6 Å². The van der Waals surface area contributed by atoms with Gasteiger partial charge in [-0.25, -0.2) is 14.6 Å². The number of thiazole rings is 1. The molecule has 2 N–H and O–H groups in total. The van der Waals surface area contributed by atoms with Crippen LogP contribution in [-0.2, 0) is 34.0 Å². The van der Waals surface area contributed by atoms with Crippen molar-refractivity contribution in [3.05, 3.63) is 34.0 Å². The number of hydrogen-bond donors (Lipinski definition) is 2. The number of methoxy groups -OCH3 is 1. The minimum Gasteiger partial charge on any atom is -0.475 e. The average molecular weight is 520 g/mol. The number of carboxylic acid groups (broad SMARTS) is 2. The molecule has 0 fully saturated rings. The van der Waals surface area contributed by atoms with Crippen molar-refractivity contribution in [3.63, 3.8) is 0 Å². The van der Waals surface area contributed by atoms with E-state index in [0.717, 1.165) is 32.8 Å². The molecule has 3 rings (SSSR count). The molecule has 0 amide bonds. The summed E-state index contributed by atoms with van der Waals surface area (Å²) in [6, 6.07) is 0. The fourth-order valence-corrected chi connectivity index (χ4v) is 3.44. The van der Waals surface area contributed by atoms with E-state index in [0.29, 0.717) is 5.92 Å². The Hall–Kier alpha value is -2.72. The molecule has 0 spiro atoms. The zero-order chi connectivity index (χ0) is 26.1. The lowest BCUT2D eigenvalue weighted by Crippen LogP contribution is -2.34. The van der Waals surface area contributed by atoms with Gasteiger partial charge in [0.05, 0.1) is 18.8 Å². The van der Waals surface area contributed by atoms with Crippen molar-refractivity contribution in [2.24, 2.45) is 0 Å². The zero-order valence-corrected chi connectivity index (χ0v) is 18.7. The molecule has 1 aliphatic rings. The lowest BCUT2D eigenvalue weighted by atomic mass is 9.97. The molecular formula is C18H22F6N4O5S. The smallest absolute Gasteiger partial charge is 0.475 e. The number of rotatable bonds is 5. The number of aliphatic carboxylic acids is 2. The molecule has 0 saturated carbocycles. The summed E-state index contributed by atoms with van der Waals surface area (Å²) in [5.41, 5.74) is 2.54. The number of halogens is 6. The van der Waals surface area contributed by atoms with E-state index in [1.165, 1.54) is 16.3 Å². The Labute approximate surface area is 193 Å². The molecule has 0 bridgehead atoms. The maximum absolute atomic E-state index is 10.6. The highest BCUT2D eigenvalue weighted by atomic mass is 32.1. The highest BCUT2D eigenvalue weighted by Crippen LogP contribution is 2.28. The molecular weight excluding hydrogens is 498 g/mol. The van der Waals surface area contributed by atoms with Crippen molar-refractivity contribution >= 4 is 23.3 Å². The van der Waals surface area contributed by atoms with E-state index in [-0.39, 0.29) is 0 Å². The lowest BCUT2D eigenvalue weighted by Gasteiger charge is -2.30. The molecule has 1 aliphatic heterocycles. The number of ether oxygens (including phenoxy) is 1. The van der Waals surface area contributed by atoms with Crippen LogP contribution in [0.25, 0.3) is 0 Å². The summed E-state index contributed by atoms with van der Waals surface area (Å²) in [7, 11) is 1.76.